The van der Waals surface area contributed by atoms with E-state index in [0.717, 1.165) is 56.2 Å². The second-order valence-corrected chi connectivity index (χ2v) is 7.31. The molecule has 0 saturated carbocycles. The molecule has 0 bridgehead atoms. The van der Waals surface area contributed by atoms with Gasteiger partial charge in [0.05, 0.1) is 12.0 Å². The van der Waals surface area contributed by atoms with Gasteiger partial charge in [0.25, 0.3) is 5.91 Å². The Morgan fingerprint density at radius 1 is 1.12 bits per heavy atom. The Bertz CT molecular complexity index is 696. The van der Waals surface area contributed by atoms with Crippen molar-refractivity contribution in [2.24, 2.45) is 0 Å². The molecule has 1 saturated heterocycles. The molecule has 1 aromatic heterocycles. The number of thiophene rings is 1. The van der Waals surface area contributed by atoms with Crippen molar-refractivity contribution in [1.29, 1.82) is 0 Å². The van der Waals surface area contributed by atoms with Gasteiger partial charge in [-0.05, 0) is 47.5 Å². The van der Waals surface area contributed by atoms with Crippen molar-refractivity contribution in [1.82, 2.24) is 9.80 Å². The van der Waals surface area contributed by atoms with E-state index in [1.54, 1.807) is 18.4 Å². The van der Waals surface area contributed by atoms with Crippen LogP contribution in [0.4, 0.5) is 0 Å². The van der Waals surface area contributed by atoms with E-state index < -0.39 is 0 Å². The molecule has 2 heterocycles. The molecular formula is C20H26N2O2S. The zero-order valence-corrected chi connectivity index (χ0v) is 15.8. The molecule has 1 amide bonds. The topological polar surface area (TPSA) is 32.8 Å². The number of carbonyl (C=O) groups is 1. The highest BCUT2D eigenvalue weighted by Crippen LogP contribution is 2.21. The molecule has 1 aliphatic heterocycles. The molecule has 1 aliphatic rings. The Labute approximate surface area is 154 Å². The first-order valence-corrected chi connectivity index (χ1v) is 9.80. The van der Waals surface area contributed by atoms with Crippen LogP contribution in [0.15, 0.2) is 35.7 Å². The number of nitrogens with zero attached hydrogens (tertiary/aromatic N) is 2. The van der Waals surface area contributed by atoms with Gasteiger partial charge in [-0.1, -0.05) is 19.1 Å². The van der Waals surface area contributed by atoms with E-state index in [-0.39, 0.29) is 5.91 Å². The summed E-state index contributed by atoms with van der Waals surface area (Å²) >= 11 is 1.57. The fourth-order valence-corrected chi connectivity index (χ4v) is 4.23. The molecule has 25 heavy (non-hydrogen) atoms. The Kier molecular flexibility index (Phi) is 6.10. The van der Waals surface area contributed by atoms with Crippen LogP contribution >= 0.6 is 11.3 Å². The molecule has 0 atom stereocenters. The maximum absolute atomic E-state index is 12.8. The number of benzene rings is 1. The van der Waals surface area contributed by atoms with Crippen LogP contribution in [0.1, 0.15) is 34.1 Å². The van der Waals surface area contributed by atoms with Gasteiger partial charge >= 0.3 is 0 Å². The molecule has 0 aliphatic carbocycles. The van der Waals surface area contributed by atoms with Gasteiger partial charge in [-0.15, -0.1) is 11.3 Å². The van der Waals surface area contributed by atoms with Gasteiger partial charge in [-0.2, -0.15) is 0 Å². The van der Waals surface area contributed by atoms with E-state index in [1.807, 2.05) is 22.4 Å². The zero-order valence-electron chi connectivity index (χ0n) is 15.0. The maximum Gasteiger partial charge on any atom is 0.264 e. The van der Waals surface area contributed by atoms with Crippen LogP contribution < -0.4 is 4.74 Å². The lowest BCUT2D eigenvalue weighted by Gasteiger charge is -2.22. The molecule has 4 nitrogen and oxygen atoms in total. The molecule has 3 rings (SSSR count). The fourth-order valence-electron chi connectivity index (χ4n) is 3.27. The van der Waals surface area contributed by atoms with Crippen molar-refractivity contribution in [3.8, 4) is 5.75 Å². The molecule has 5 heteroatoms. The van der Waals surface area contributed by atoms with Crippen LogP contribution in [0.5, 0.6) is 5.75 Å². The van der Waals surface area contributed by atoms with Crippen LogP contribution in [0, 0.1) is 0 Å². The second kappa shape index (κ2) is 8.50. The SMILES string of the molecule is CCc1ccsc1C(=O)N1CCCN(Cc2ccc(OC)cc2)CC1. The average Bonchev–Trinajstić information content (AvgIpc) is 3.01. The molecule has 2 aromatic rings. The van der Waals surface area contributed by atoms with Crippen LogP contribution in [0.2, 0.25) is 0 Å². The molecule has 0 N–H and O–H groups in total. The van der Waals surface area contributed by atoms with E-state index in [0.29, 0.717) is 0 Å². The monoisotopic (exact) mass is 358 g/mol. The van der Waals surface area contributed by atoms with E-state index in [9.17, 15) is 4.79 Å². The van der Waals surface area contributed by atoms with E-state index in [2.05, 4.69) is 30.0 Å². The number of methoxy groups -OCH3 is 1. The van der Waals surface area contributed by atoms with Gasteiger partial charge in [-0.25, -0.2) is 0 Å². The number of hydrogen-bond donors (Lipinski definition) is 0. The highest BCUT2D eigenvalue weighted by atomic mass is 32.1. The van der Waals surface area contributed by atoms with Gasteiger partial charge < -0.3 is 9.64 Å². The summed E-state index contributed by atoms with van der Waals surface area (Å²) < 4.78 is 5.22. The first-order valence-electron chi connectivity index (χ1n) is 8.92. The number of carbonyl (C=O) groups excluding carboxylic acids is 1. The average molecular weight is 359 g/mol. The fraction of sp³-hybridized carbons (Fsp3) is 0.450. The zero-order chi connectivity index (χ0) is 17.6. The van der Waals surface area contributed by atoms with Crippen molar-refractivity contribution in [2.45, 2.75) is 26.3 Å². The van der Waals surface area contributed by atoms with Crippen molar-refractivity contribution in [2.75, 3.05) is 33.3 Å². The van der Waals surface area contributed by atoms with E-state index in [4.69, 9.17) is 4.74 Å². The predicted molar refractivity (Wildman–Crippen MR) is 102 cm³/mol. The molecule has 1 fully saturated rings. The summed E-state index contributed by atoms with van der Waals surface area (Å²) in [7, 11) is 1.69. The Morgan fingerprint density at radius 3 is 2.64 bits per heavy atom. The molecule has 134 valence electrons. The second-order valence-electron chi connectivity index (χ2n) is 6.40. The summed E-state index contributed by atoms with van der Waals surface area (Å²) in [5, 5.41) is 2.03. The summed E-state index contributed by atoms with van der Waals surface area (Å²) in [6, 6.07) is 10.3. The van der Waals surface area contributed by atoms with Gasteiger partial charge in [-0.3, -0.25) is 9.69 Å². The van der Waals surface area contributed by atoms with Crippen molar-refractivity contribution in [3.05, 3.63) is 51.7 Å². The maximum atomic E-state index is 12.8. The summed E-state index contributed by atoms with van der Waals surface area (Å²) in [5.74, 6) is 1.09. The smallest absolute Gasteiger partial charge is 0.264 e. The normalized spacial score (nSPS) is 15.8. The summed E-state index contributed by atoms with van der Waals surface area (Å²) in [4.78, 5) is 18.2. The lowest BCUT2D eigenvalue weighted by molar-refractivity contribution is 0.0765. The summed E-state index contributed by atoms with van der Waals surface area (Å²) in [6.07, 6.45) is 1.94. The Balaban J connectivity index is 1.59. The molecule has 1 aromatic carbocycles. The molecule has 0 unspecified atom stereocenters. The summed E-state index contributed by atoms with van der Waals surface area (Å²) in [6.45, 7) is 6.63. The number of ether oxygens (including phenoxy) is 1. The predicted octanol–water partition coefficient (Wildman–Crippen LogP) is 3.67. The Morgan fingerprint density at radius 2 is 1.92 bits per heavy atom. The van der Waals surface area contributed by atoms with Gasteiger partial charge in [0.15, 0.2) is 0 Å². The Hall–Kier alpha value is -1.85. The number of aryl methyl sites for hydroxylation is 1. The third-order valence-electron chi connectivity index (χ3n) is 4.76. The van der Waals surface area contributed by atoms with Crippen LogP contribution in [-0.2, 0) is 13.0 Å². The number of amides is 1. The van der Waals surface area contributed by atoms with Crippen LogP contribution in [-0.4, -0.2) is 49.0 Å². The molecule has 0 spiro atoms. The minimum atomic E-state index is 0.207. The number of rotatable bonds is 5. The lowest BCUT2D eigenvalue weighted by atomic mass is 10.2. The van der Waals surface area contributed by atoms with Gasteiger partial charge in [0.1, 0.15) is 5.75 Å². The van der Waals surface area contributed by atoms with Crippen LogP contribution in [0.3, 0.4) is 0 Å². The minimum Gasteiger partial charge on any atom is -0.497 e. The summed E-state index contributed by atoms with van der Waals surface area (Å²) in [5.41, 5.74) is 2.46. The highest BCUT2D eigenvalue weighted by molar-refractivity contribution is 7.12. The van der Waals surface area contributed by atoms with Crippen molar-refractivity contribution >= 4 is 17.2 Å². The van der Waals surface area contributed by atoms with Gasteiger partial charge in [0, 0.05) is 32.7 Å². The largest absolute Gasteiger partial charge is 0.497 e. The quantitative estimate of drug-likeness (QED) is 0.818. The van der Waals surface area contributed by atoms with Gasteiger partial charge in [0.2, 0.25) is 0 Å². The third kappa shape index (κ3) is 4.41. The molecular weight excluding hydrogens is 332 g/mol. The number of hydrogen-bond acceptors (Lipinski definition) is 4. The van der Waals surface area contributed by atoms with E-state index in [1.165, 1.54) is 11.1 Å². The minimum absolute atomic E-state index is 0.207. The third-order valence-corrected chi connectivity index (χ3v) is 5.71. The molecule has 0 radical (unpaired) electrons. The lowest BCUT2D eigenvalue weighted by Crippen LogP contribution is -2.35. The standard InChI is InChI=1S/C20H26N2O2S/c1-3-17-9-14-25-19(17)20(23)22-11-4-10-21(12-13-22)15-16-5-7-18(24-2)8-6-16/h5-9,14H,3-4,10-13,15H2,1-2H3. The highest BCUT2D eigenvalue weighted by Gasteiger charge is 2.22. The first kappa shape index (κ1) is 18.0. The van der Waals surface area contributed by atoms with Crippen LogP contribution in [0.25, 0.3) is 0 Å². The van der Waals surface area contributed by atoms with Crippen molar-refractivity contribution in [3.63, 3.8) is 0 Å². The van der Waals surface area contributed by atoms with E-state index >= 15 is 0 Å². The van der Waals surface area contributed by atoms with Crippen molar-refractivity contribution < 1.29 is 9.53 Å². The first-order chi connectivity index (χ1) is 12.2.